The molecule has 0 amide bonds. The SMILES string of the molecule is O=C(O)c1ncccc1NCCCCO. The third-order valence-electron chi connectivity index (χ3n) is 1.91. The van der Waals surface area contributed by atoms with Gasteiger partial charge in [-0.3, -0.25) is 0 Å². The monoisotopic (exact) mass is 210 g/mol. The molecule has 0 aliphatic heterocycles. The van der Waals surface area contributed by atoms with Crippen LogP contribution in [0.4, 0.5) is 5.69 Å². The van der Waals surface area contributed by atoms with Crippen LogP contribution in [-0.4, -0.2) is 34.3 Å². The van der Waals surface area contributed by atoms with Gasteiger partial charge in [-0.2, -0.15) is 0 Å². The van der Waals surface area contributed by atoms with E-state index in [-0.39, 0.29) is 12.3 Å². The minimum atomic E-state index is -1.04. The van der Waals surface area contributed by atoms with E-state index in [1.54, 1.807) is 12.1 Å². The van der Waals surface area contributed by atoms with Crippen LogP contribution in [-0.2, 0) is 0 Å². The second-order valence-corrected chi connectivity index (χ2v) is 3.06. The van der Waals surface area contributed by atoms with Crippen LogP contribution in [0.1, 0.15) is 23.3 Å². The lowest BCUT2D eigenvalue weighted by atomic mass is 10.2. The van der Waals surface area contributed by atoms with E-state index in [9.17, 15) is 4.79 Å². The van der Waals surface area contributed by atoms with Gasteiger partial charge < -0.3 is 15.5 Å². The Balaban J connectivity index is 2.56. The third-order valence-corrected chi connectivity index (χ3v) is 1.91. The van der Waals surface area contributed by atoms with Crippen molar-refractivity contribution in [2.75, 3.05) is 18.5 Å². The number of aliphatic hydroxyl groups is 1. The number of anilines is 1. The Morgan fingerprint density at radius 1 is 1.47 bits per heavy atom. The molecule has 1 aromatic heterocycles. The summed E-state index contributed by atoms with van der Waals surface area (Å²) < 4.78 is 0. The van der Waals surface area contributed by atoms with E-state index in [0.717, 1.165) is 6.42 Å². The lowest BCUT2D eigenvalue weighted by Gasteiger charge is -2.07. The molecule has 1 aromatic rings. The van der Waals surface area contributed by atoms with Crippen molar-refractivity contribution >= 4 is 11.7 Å². The first-order valence-corrected chi connectivity index (χ1v) is 4.78. The highest BCUT2D eigenvalue weighted by atomic mass is 16.4. The third kappa shape index (κ3) is 3.55. The predicted molar refractivity (Wildman–Crippen MR) is 56.0 cm³/mol. The minimum Gasteiger partial charge on any atom is -0.476 e. The number of nitrogens with one attached hydrogen (secondary N) is 1. The van der Waals surface area contributed by atoms with Crippen molar-refractivity contribution in [1.29, 1.82) is 0 Å². The highest BCUT2D eigenvalue weighted by Crippen LogP contribution is 2.11. The van der Waals surface area contributed by atoms with Gasteiger partial charge in [0, 0.05) is 19.3 Å². The molecule has 0 spiro atoms. The van der Waals surface area contributed by atoms with Crippen LogP contribution in [0.25, 0.3) is 0 Å². The normalized spacial score (nSPS) is 9.93. The summed E-state index contributed by atoms with van der Waals surface area (Å²) in [5.41, 5.74) is 0.546. The predicted octanol–water partition coefficient (Wildman–Crippen LogP) is 0.964. The summed E-state index contributed by atoms with van der Waals surface area (Å²) in [6.45, 7) is 0.785. The van der Waals surface area contributed by atoms with Gasteiger partial charge in [0.25, 0.3) is 0 Å². The molecule has 0 saturated carbocycles. The summed E-state index contributed by atoms with van der Waals surface area (Å²) >= 11 is 0. The zero-order valence-corrected chi connectivity index (χ0v) is 8.31. The van der Waals surface area contributed by atoms with Crippen LogP contribution in [0, 0.1) is 0 Å². The van der Waals surface area contributed by atoms with Crippen molar-refractivity contribution in [2.45, 2.75) is 12.8 Å². The van der Waals surface area contributed by atoms with E-state index in [4.69, 9.17) is 10.2 Å². The maximum absolute atomic E-state index is 10.8. The summed E-state index contributed by atoms with van der Waals surface area (Å²) in [5.74, 6) is -1.04. The molecular weight excluding hydrogens is 196 g/mol. The maximum atomic E-state index is 10.8. The molecular formula is C10H14N2O3. The van der Waals surface area contributed by atoms with Gasteiger partial charge in [-0.15, -0.1) is 0 Å². The largest absolute Gasteiger partial charge is 0.476 e. The fourth-order valence-corrected chi connectivity index (χ4v) is 1.18. The van der Waals surface area contributed by atoms with Crippen LogP contribution < -0.4 is 5.32 Å². The Kier molecular flexibility index (Phi) is 4.56. The van der Waals surface area contributed by atoms with Gasteiger partial charge >= 0.3 is 5.97 Å². The molecule has 0 radical (unpaired) electrons. The lowest BCUT2D eigenvalue weighted by Crippen LogP contribution is -2.09. The molecule has 0 fully saturated rings. The van der Waals surface area contributed by atoms with Gasteiger partial charge in [0.15, 0.2) is 5.69 Å². The molecule has 0 aliphatic rings. The summed E-state index contributed by atoms with van der Waals surface area (Å²) in [4.78, 5) is 14.5. The van der Waals surface area contributed by atoms with Gasteiger partial charge in [-0.25, -0.2) is 9.78 Å². The number of aromatic carboxylic acids is 1. The quantitative estimate of drug-likeness (QED) is 0.609. The number of aromatic nitrogens is 1. The molecule has 0 aliphatic carbocycles. The summed E-state index contributed by atoms with van der Waals surface area (Å²) in [5, 5.41) is 20.4. The van der Waals surface area contributed by atoms with Crippen LogP contribution in [0.2, 0.25) is 0 Å². The number of carbonyl (C=O) groups is 1. The standard InChI is InChI=1S/C10H14N2O3/c13-7-2-1-5-11-8-4-3-6-12-9(8)10(14)15/h3-4,6,11,13H,1-2,5,7H2,(H,14,15). The first-order chi connectivity index (χ1) is 7.25. The van der Waals surface area contributed by atoms with Crippen LogP contribution >= 0.6 is 0 Å². The Morgan fingerprint density at radius 2 is 2.27 bits per heavy atom. The van der Waals surface area contributed by atoms with Gasteiger partial charge in [-0.05, 0) is 25.0 Å². The molecule has 0 unspecified atom stereocenters. The second-order valence-electron chi connectivity index (χ2n) is 3.06. The van der Waals surface area contributed by atoms with Crippen LogP contribution in [0.15, 0.2) is 18.3 Å². The Morgan fingerprint density at radius 3 is 2.93 bits per heavy atom. The lowest BCUT2D eigenvalue weighted by molar-refractivity contribution is 0.0691. The second kappa shape index (κ2) is 5.98. The number of hydrogen-bond donors (Lipinski definition) is 3. The van der Waals surface area contributed by atoms with Gasteiger partial charge in [0.2, 0.25) is 0 Å². The van der Waals surface area contributed by atoms with Crippen molar-refractivity contribution in [3.05, 3.63) is 24.0 Å². The minimum absolute atomic E-state index is 0.0292. The van der Waals surface area contributed by atoms with Gasteiger partial charge in [0.1, 0.15) is 0 Å². The zero-order chi connectivity index (χ0) is 11.1. The number of hydrogen-bond acceptors (Lipinski definition) is 4. The number of pyridine rings is 1. The first-order valence-electron chi connectivity index (χ1n) is 4.78. The van der Waals surface area contributed by atoms with Crippen LogP contribution in [0.3, 0.4) is 0 Å². The van der Waals surface area contributed by atoms with Crippen LogP contribution in [0.5, 0.6) is 0 Å². The van der Waals surface area contributed by atoms with Crippen molar-refractivity contribution in [2.24, 2.45) is 0 Å². The summed E-state index contributed by atoms with van der Waals surface area (Å²) in [6.07, 6.45) is 2.95. The Hall–Kier alpha value is -1.62. The highest BCUT2D eigenvalue weighted by Gasteiger charge is 2.09. The van der Waals surface area contributed by atoms with E-state index >= 15 is 0 Å². The average Bonchev–Trinajstić information content (AvgIpc) is 2.25. The number of rotatable bonds is 6. The molecule has 1 heterocycles. The van der Waals surface area contributed by atoms with Gasteiger partial charge in [-0.1, -0.05) is 0 Å². The molecule has 0 bridgehead atoms. The highest BCUT2D eigenvalue weighted by molar-refractivity contribution is 5.91. The fourth-order valence-electron chi connectivity index (χ4n) is 1.18. The smallest absolute Gasteiger partial charge is 0.356 e. The van der Waals surface area contributed by atoms with Crippen molar-refractivity contribution in [3.63, 3.8) is 0 Å². The number of carboxylic acids is 1. The van der Waals surface area contributed by atoms with E-state index in [1.807, 2.05) is 0 Å². The van der Waals surface area contributed by atoms with Gasteiger partial charge in [0.05, 0.1) is 5.69 Å². The van der Waals surface area contributed by atoms with E-state index < -0.39 is 5.97 Å². The summed E-state index contributed by atoms with van der Waals surface area (Å²) in [7, 11) is 0. The number of carboxylic acid groups (broad SMARTS) is 1. The van der Waals surface area contributed by atoms with E-state index in [2.05, 4.69) is 10.3 Å². The van der Waals surface area contributed by atoms with E-state index in [1.165, 1.54) is 6.20 Å². The molecule has 0 aromatic carbocycles. The molecule has 82 valence electrons. The maximum Gasteiger partial charge on any atom is 0.356 e. The fraction of sp³-hybridized carbons (Fsp3) is 0.400. The Bertz CT molecular complexity index is 328. The number of aliphatic hydroxyl groups excluding tert-OH is 1. The topological polar surface area (TPSA) is 82.5 Å². The van der Waals surface area contributed by atoms with Crippen molar-refractivity contribution in [1.82, 2.24) is 4.98 Å². The molecule has 15 heavy (non-hydrogen) atoms. The average molecular weight is 210 g/mol. The molecule has 0 atom stereocenters. The van der Waals surface area contributed by atoms with Crippen molar-refractivity contribution < 1.29 is 15.0 Å². The number of nitrogens with zero attached hydrogens (tertiary/aromatic N) is 1. The molecule has 3 N–H and O–H groups in total. The first kappa shape index (κ1) is 11.5. The molecule has 0 saturated heterocycles. The zero-order valence-electron chi connectivity index (χ0n) is 8.31. The molecule has 5 nitrogen and oxygen atoms in total. The van der Waals surface area contributed by atoms with E-state index in [0.29, 0.717) is 18.7 Å². The Labute approximate surface area is 87.8 Å². The summed E-state index contributed by atoms with van der Waals surface area (Å²) in [6, 6.07) is 3.36. The molecule has 1 rings (SSSR count). The number of unbranched alkanes of at least 4 members (excludes halogenated alkanes) is 1. The van der Waals surface area contributed by atoms with Crippen molar-refractivity contribution in [3.8, 4) is 0 Å². The molecule has 5 heteroatoms.